The minimum absolute atomic E-state index is 0.378. The monoisotopic (exact) mass is 703 g/mol. The van der Waals surface area contributed by atoms with E-state index in [0.717, 1.165) is 61.0 Å². The lowest BCUT2D eigenvalue weighted by Gasteiger charge is -2.24. The molecule has 0 aliphatic carbocycles. The highest BCUT2D eigenvalue weighted by molar-refractivity contribution is 6.22. The van der Waals surface area contributed by atoms with E-state index in [9.17, 15) is 0 Å². The zero-order chi connectivity index (χ0) is 36.3. The molecule has 4 nitrogen and oxygen atoms in total. The quantitative estimate of drug-likeness (QED) is 0.181. The summed E-state index contributed by atoms with van der Waals surface area (Å²) in [4.78, 5) is 10.6. The lowest BCUT2D eigenvalue weighted by molar-refractivity contribution is 0.668. The first-order valence-corrected chi connectivity index (χ1v) is 18.7. The van der Waals surface area contributed by atoms with Crippen LogP contribution in [0.4, 0.5) is 0 Å². The van der Waals surface area contributed by atoms with Gasteiger partial charge in [0.25, 0.3) is 0 Å². The number of nitrogens with one attached hydrogen (secondary N) is 1. The fourth-order valence-corrected chi connectivity index (χ4v) is 8.21. The molecule has 1 atom stereocenters. The van der Waals surface area contributed by atoms with Crippen LogP contribution in [0.15, 0.2) is 202 Å². The summed E-state index contributed by atoms with van der Waals surface area (Å²) in [7, 11) is 0. The van der Waals surface area contributed by atoms with Gasteiger partial charge in [-0.1, -0.05) is 158 Å². The van der Waals surface area contributed by atoms with Crippen LogP contribution >= 0.6 is 0 Å². The maximum Gasteiger partial charge on any atom is 0.160 e. The summed E-state index contributed by atoms with van der Waals surface area (Å²) in [6.45, 7) is 0. The average Bonchev–Trinajstić information content (AvgIpc) is 3.64. The molecule has 1 aliphatic heterocycles. The molecule has 0 saturated heterocycles. The Labute approximate surface area is 317 Å². The normalized spacial score (nSPS) is 14.4. The molecular formula is C51H33N3O. The van der Waals surface area contributed by atoms with Crippen molar-refractivity contribution in [1.82, 2.24) is 5.32 Å². The summed E-state index contributed by atoms with van der Waals surface area (Å²) in [5, 5.41) is 13.0. The average molecular weight is 704 g/mol. The number of furan rings is 1. The van der Waals surface area contributed by atoms with Crippen molar-refractivity contribution in [3.63, 3.8) is 0 Å². The Hall–Kier alpha value is -7.30. The first kappa shape index (κ1) is 31.2. The van der Waals surface area contributed by atoms with Crippen molar-refractivity contribution in [3.05, 3.63) is 205 Å². The topological polar surface area (TPSA) is 49.9 Å². The second kappa shape index (κ2) is 12.7. The van der Waals surface area contributed by atoms with Gasteiger partial charge in [0.1, 0.15) is 23.2 Å². The maximum absolute atomic E-state index is 6.52. The Morgan fingerprint density at radius 3 is 1.98 bits per heavy atom. The first-order valence-electron chi connectivity index (χ1n) is 18.7. The Bertz CT molecular complexity index is 3180. The van der Waals surface area contributed by atoms with Crippen LogP contribution in [-0.4, -0.2) is 11.7 Å². The van der Waals surface area contributed by atoms with Crippen LogP contribution < -0.4 is 5.32 Å². The summed E-state index contributed by atoms with van der Waals surface area (Å²) >= 11 is 0. The standard InChI is InChI=1S/C51H33N3O/c1-3-11-32(12-4-1)37-25-28-43-46(31-37)55-45-20-10-19-44(48(43)45)51-53-49(39-24-21-33-13-7-8-16-36(33)29-39)52-50(54-51)40-26-27-42-38(30-40)23-22-35-17-9-18-41(47(35)42)34-14-5-2-6-15-34/h1-31,50H,(H,52,53,54). The number of fused-ring (bicyclic) bond motifs is 7. The molecule has 0 amide bonds. The molecule has 0 saturated carbocycles. The summed E-state index contributed by atoms with van der Waals surface area (Å²) in [5.74, 6) is 1.44. The number of benzene rings is 9. The number of nitrogens with zero attached hydrogens (tertiary/aromatic N) is 2. The summed E-state index contributed by atoms with van der Waals surface area (Å²) in [5.41, 5.74) is 9.36. The van der Waals surface area contributed by atoms with Gasteiger partial charge >= 0.3 is 0 Å². The van der Waals surface area contributed by atoms with E-state index in [4.69, 9.17) is 14.4 Å². The number of hydrogen-bond acceptors (Lipinski definition) is 4. The smallest absolute Gasteiger partial charge is 0.160 e. The van der Waals surface area contributed by atoms with E-state index in [1.165, 1.54) is 38.1 Å². The van der Waals surface area contributed by atoms with Crippen molar-refractivity contribution in [2.75, 3.05) is 0 Å². The Morgan fingerprint density at radius 1 is 0.418 bits per heavy atom. The first-order chi connectivity index (χ1) is 27.2. The molecule has 0 spiro atoms. The van der Waals surface area contributed by atoms with Crippen molar-refractivity contribution < 1.29 is 4.42 Å². The van der Waals surface area contributed by atoms with Crippen LogP contribution in [0.5, 0.6) is 0 Å². The highest BCUT2D eigenvalue weighted by Gasteiger charge is 2.24. The van der Waals surface area contributed by atoms with Gasteiger partial charge in [-0.25, -0.2) is 9.98 Å². The molecule has 0 radical (unpaired) electrons. The second-order valence-electron chi connectivity index (χ2n) is 14.2. The lowest BCUT2D eigenvalue weighted by atomic mass is 9.93. The van der Waals surface area contributed by atoms with Crippen molar-refractivity contribution in [3.8, 4) is 22.3 Å². The van der Waals surface area contributed by atoms with Crippen LogP contribution in [0.2, 0.25) is 0 Å². The Balaban J connectivity index is 1.08. The third-order valence-electron chi connectivity index (χ3n) is 10.9. The van der Waals surface area contributed by atoms with E-state index in [1.807, 2.05) is 18.2 Å². The molecule has 4 heteroatoms. The second-order valence-corrected chi connectivity index (χ2v) is 14.2. The minimum Gasteiger partial charge on any atom is -0.456 e. The van der Waals surface area contributed by atoms with E-state index < -0.39 is 0 Å². The fourth-order valence-electron chi connectivity index (χ4n) is 8.21. The predicted octanol–water partition coefficient (Wildman–Crippen LogP) is 12.9. The molecule has 1 unspecified atom stereocenters. The molecule has 2 heterocycles. The summed E-state index contributed by atoms with van der Waals surface area (Å²) in [6, 6.07) is 66.4. The number of rotatable bonds is 5. The molecular weight excluding hydrogens is 671 g/mol. The van der Waals surface area contributed by atoms with E-state index in [0.29, 0.717) is 5.84 Å². The SMILES string of the molecule is c1ccc(-c2ccc3c(c2)oc2cccc(C4=NC(c5ccc6c(ccc7cccc(-c8ccccc8)c76)c5)NC(c5ccc6ccccc6c5)=N4)c23)cc1. The van der Waals surface area contributed by atoms with Crippen LogP contribution in [0.25, 0.3) is 76.5 Å². The van der Waals surface area contributed by atoms with Crippen LogP contribution in [-0.2, 0) is 0 Å². The van der Waals surface area contributed by atoms with Gasteiger partial charge in [0.15, 0.2) is 5.84 Å². The molecule has 1 N–H and O–H groups in total. The number of amidine groups is 2. The van der Waals surface area contributed by atoms with E-state index in [2.05, 4.69) is 175 Å². The largest absolute Gasteiger partial charge is 0.456 e. The van der Waals surface area contributed by atoms with Gasteiger partial charge in [-0.15, -0.1) is 0 Å². The van der Waals surface area contributed by atoms with Gasteiger partial charge in [-0.3, -0.25) is 0 Å². The molecule has 0 fully saturated rings. The molecule has 0 bridgehead atoms. The van der Waals surface area contributed by atoms with Gasteiger partial charge < -0.3 is 9.73 Å². The predicted molar refractivity (Wildman–Crippen MR) is 229 cm³/mol. The Morgan fingerprint density at radius 2 is 1.11 bits per heavy atom. The van der Waals surface area contributed by atoms with Crippen molar-refractivity contribution in [1.29, 1.82) is 0 Å². The molecule has 258 valence electrons. The van der Waals surface area contributed by atoms with Gasteiger partial charge in [-0.2, -0.15) is 0 Å². The zero-order valence-electron chi connectivity index (χ0n) is 29.8. The molecule has 10 aromatic rings. The summed E-state index contributed by atoms with van der Waals surface area (Å²) in [6.07, 6.45) is -0.378. The summed E-state index contributed by atoms with van der Waals surface area (Å²) < 4.78 is 6.52. The molecule has 1 aliphatic rings. The zero-order valence-corrected chi connectivity index (χ0v) is 29.8. The van der Waals surface area contributed by atoms with Gasteiger partial charge in [-0.05, 0) is 90.5 Å². The van der Waals surface area contributed by atoms with E-state index in [1.54, 1.807) is 0 Å². The van der Waals surface area contributed by atoms with Crippen molar-refractivity contribution >= 4 is 65.9 Å². The van der Waals surface area contributed by atoms with Gasteiger partial charge in [0.05, 0.1) is 0 Å². The highest BCUT2D eigenvalue weighted by Crippen LogP contribution is 2.38. The van der Waals surface area contributed by atoms with Crippen LogP contribution in [0.3, 0.4) is 0 Å². The number of hydrogen-bond donors (Lipinski definition) is 1. The van der Waals surface area contributed by atoms with Crippen LogP contribution in [0, 0.1) is 0 Å². The van der Waals surface area contributed by atoms with Crippen molar-refractivity contribution in [2.45, 2.75) is 6.17 Å². The molecule has 11 rings (SSSR count). The van der Waals surface area contributed by atoms with Crippen molar-refractivity contribution in [2.24, 2.45) is 9.98 Å². The molecule has 9 aromatic carbocycles. The van der Waals surface area contributed by atoms with Crippen LogP contribution in [0.1, 0.15) is 22.9 Å². The van der Waals surface area contributed by atoms with E-state index in [-0.39, 0.29) is 6.17 Å². The number of aliphatic imine (C=N–C) groups is 2. The maximum atomic E-state index is 6.52. The highest BCUT2D eigenvalue weighted by atomic mass is 16.3. The lowest BCUT2D eigenvalue weighted by Crippen LogP contribution is -2.33. The fraction of sp³-hybridized carbons (Fsp3) is 0.0196. The van der Waals surface area contributed by atoms with E-state index >= 15 is 0 Å². The van der Waals surface area contributed by atoms with Gasteiger partial charge in [0.2, 0.25) is 0 Å². The Kier molecular flexibility index (Phi) is 7.20. The third kappa shape index (κ3) is 5.38. The molecule has 55 heavy (non-hydrogen) atoms. The third-order valence-corrected chi connectivity index (χ3v) is 10.9. The minimum atomic E-state index is -0.378. The van der Waals surface area contributed by atoms with Gasteiger partial charge in [0, 0.05) is 21.9 Å². The molecule has 1 aromatic heterocycles.